The van der Waals surface area contributed by atoms with Gasteiger partial charge in [-0.2, -0.15) is 10.1 Å². The van der Waals surface area contributed by atoms with Crippen molar-refractivity contribution in [2.75, 3.05) is 11.5 Å². The molecule has 0 saturated carbocycles. The second-order valence-electron chi connectivity index (χ2n) is 6.59. The van der Waals surface area contributed by atoms with E-state index in [1.165, 1.54) is 29.1 Å². The molecule has 2 aromatic heterocycles. The number of halogens is 2. The van der Waals surface area contributed by atoms with Crippen LogP contribution in [0, 0.1) is 0 Å². The van der Waals surface area contributed by atoms with E-state index in [0.717, 1.165) is 0 Å². The molecule has 146 valence electrons. The maximum Gasteiger partial charge on any atom is 0.348 e. The highest BCUT2D eigenvalue weighted by atomic mass is 35.5. The van der Waals surface area contributed by atoms with E-state index in [-0.39, 0.29) is 40.5 Å². The second kappa shape index (κ2) is 6.98. The van der Waals surface area contributed by atoms with Crippen LogP contribution in [0.4, 0.5) is 0 Å². The molecule has 1 atom stereocenters. The van der Waals surface area contributed by atoms with Gasteiger partial charge >= 0.3 is 5.69 Å². The predicted octanol–water partition coefficient (Wildman–Crippen LogP) is 2.14. The highest BCUT2D eigenvalue weighted by Crippen LogP contribution is 2.27. The minimum Gasteiger partial charge on any atom is -0.292 e. The summed E-state index contributed by atoms with van der Waals surface area (Å²) in [6.07, 6.45) is 3.24. The first kappa shape index (κ1) is 19.1. The lowest BCUT2D eigenvalue weighted by atomic mass is 10.1. The molecule has 0 amide bonds. The first-order valence-corrected chi connectivity index (χ1v) is 10.9. The Bertz CT molecular complexity index is 1270. The molecule has 1 fully saturated rings. The Balaban J connectivity index is 1.72. The van der Waals surface area contributed by atoms with Crippen molar-refractivity contribution in [3.63, 3.8) is 0 Å². The number of fused-ring (bicyclic) bond motifs is 1. The third-order valence-electron chi connectivity index (χ3n) is 4.72. The Morgan fingerprint density at radius 2 is 2.00 bits per heavy atom. The minimum atomic E-state index is -3.10. The van der Waals surface area contributed by atoms with Gasteiger partial charge in [-0.25, -0.2) is 13.2 Å². The van der Waals surface area contributed by atoms with Crippen LogP contribution in [0.3, 0.4) is 0 Å². The summed E-state index contributed by atoms with van der Waals surface area (Å²) in [5.41, 5.74) is 0.535. The molecule has 0 spiro atoms. The first-order chi connectivity index (χ1) is 13.2. The van der Waals surface area contributed by atoms with Crippen LogP contribution in [0.15, 0.2) is 35.4 Å². The summed E-state index contributed by atoms with van der Waals surface area (Å²) in [6.45, 7) is -0.279. The summed E-state index contributed by atoms with van der Waals surface area (Å²) >= 11 is 11.9. The van der Waals surface area contributed by atoms with Crippen molar-refractivity contribution >= 4 is 49.9 Å². The normalized spacial score (nSPS) is 18.6. The lowest BCUT2D eigenvalue weighted by molar-refractivity contribution is 0.0972. The molecular weight excluding hydrogens is 427 g/mol. The summed E-state index contributed by atoms with van der Waals surface area (Å²) in [7, 11) is -3.10. The molecule has 1 aliphatic heterocycles. The maximum atomic E-state index is 12.7. The topological polar surface area (TPSA) is 104 Å². The number of carbonyl (C=O) groups excluding carboxylic acids is 1. The van der Waals surface area contributed by atoms with E-state index in [2.05, 4.69) is 10.1 Å². The lowest BCUT2D eigenvalue weighted by Crippen LogP contribution is -2.26. The molecular formula is C17H14Cl2N4O4S. The molecule has 8 nitrogen and oxygen atoms in total. The Labute approximate surface area is 169 Å². The zero-order valence-corrected chi connectivity index (χ0v) is 16.7. The fourth-order valence-corrected chi connectivity index (χ4v) is 5.55. The van der Waals surface area contributed by atoms with Crippen molar-refractivity contribution in [2.24, 2.45) is 0 Å². The zero-order valence-electron chi connectivity index (χ0n) is 14.4. The number of nitrogens with zero attached hydrogens (tertiary/aromatic N) is 4. The largest absolute Gasteiger partial charge is 0.348 e. The van der Waals surface area contributed by atoms with Crippen LogP contribution in [-0.4, -0.2) is 45.0 Å². The second-order valence-corrected chi connectivity index (χ2v) is 9.66. The molecule has 4 rings (SSSR count). The maximum absolute atomic E-state index is 12.7. The van der Waals surface area contributed by atoms with Crippen molar-refractivity contribution in [3.8, 4) is 0 Å². The van der Waals surface area contributed by atoms with E-state index in [4.69, 9.17) is 23.2 Å². The summed E-state index contributed by atoms with van der Waals surface area (Å²) in [4.78, 5) is 28.8. The van der Waals surface area contributed by atoms with Gasteiger partial charge in [-0.05, 0) is 24.6 Å². The van der Waals surface area contributed by atoms with E-state index in [9.17, 15) is 18.0 Å². The number of hydrogen-bond acceptors (Lipinski definition) is 6. The Morgan fingerprint density at radius 1 is 1.21 bits per heavy atom. The van der Waals surface area contributed by atoms with Gasteiger partial charge in [-0.3, -0.25) is 14.0 Å². The van der Waals surface area contributed by atoms with Gasteiger partial charge in [0.1, 0.15) is 5.52 Å². The average Bonchev–Trinajstić information content (AvgIpc) is 3.20. The standard InChI is InChI=1S/C17H14Cl2N4O4S/c18-10-1-2-12(13(19)5-10)16(24)8-22-14-7-21-23(15(14)6-20-17(22)25)11-3-4-28(26,27)9-11/h1-2,5-7,11H,3-4,8-9H2/t11-/m0/s1. The van der Waals surface area contributed by atoms with Crippen molar-refractivity contribution in [1.82, 2.24) is 19.3 Å². The predicted molar refractivity (Wildman–Crippen MR) is 105 cm³/mol. The van der Waals surface area contributed by atoms with Gasteiger partial charge in [-0.1, -0.05) is 23.2 Å². The van der Waals surface area contributed by atoms with Crippen LogP contribution in [0.1, 0.15) is 22.8 Å². The molecule has 28 heavy (non-hydrogen) atoms. The number of benzene rings is 1. The number of hydrogen-bond donors (Lipinski definition) is 0. The van der Waals surface area contributed by atoms with Crippen molar-refractivity contribution < 1.29 is 13.2 Å². The van der Waals surface area contributed by atoms with Gasteiger partial charge in [0.15, 0.2) is 15.6 Å². The first-order valence-electron chi connectivity index (χ1n) is 8.37. The third kappa shape index (κ3) is 3.45. The van der Waals surface area contributed by atoms with E-state index in [0.29, 0.717) is 22.5 Å². The van der Waals surface area contributed by atoms with Crippen LogP contribution in [0.25, 0.3) is 11.0 Å². The molecule has 1 saturated heterocycles. The Morgan fingerprint density at radius 3 is 2.68 bits per heavy atom. The van der Waals surface area contributed by atoms with Crippen molar-refractivity contribution in [3.05, 3.63) is 56.7 Å². The average molecular weight is 441 g/mol. The smallest absolute Gasteiger partial charge is 0.292 e. The SMILES string of the molecule is O=C(Cn1c(=O)ncc2c1cnn2[C@H]1CCS(=O)(=O)C1)c1ccc(Cl)cc1Cl. The molecule has 1 aliphatic rings. The number of ketones is 1. The van der Waals surface area contributed by atoms with Gasteiger partial charge in [-0.15, -0.1) is 0 Å². The fourth-order valence-electron chi connectivity index (χ4n) is 3.34. The van der Waals surface area contributed by atoms with Crippen LogP contribution in [0.2, 0.25) is 10.0 Å². The Hall–Kier alpha value is -2.23. The summed E-state index contributed by atoms with van der Waals surface area (Å²) in [6, 6.07) is 4.17. The molecule has 0 radical (unpaired) electrons. The number of aromatic nitrogens is 4. The van der Waals surface area contributed by atoms with Crippen LogP contribution in [0.5, 0.6) is 0 Å². The molecule has 0 aliphatic carbocycles. The summed E-state index contributed by atoms with van der Waals surface area (Å²) in [5, 5.41) is 4.84. The summed E-state index contributed by atoms with van der Waals surface area (Å²) < 4.78 is 26.3. The van der Waals surface area contributed by atoms with Gasteiger partial charge < -0.3 is 0 Å². The van der Waals surface area contributed by atoms with Gasteiger partial charge in [0.2, 0.25) is 0 Å². The molecule has 0 unspecified atom stereocenters. The highest BCUT2D eigenvalue weighted by molar-refractivity contribution is 7.91. The lowest BCUT2D eigenvalue weighted by Gasteiger charge is -2.11. The number of Topliss-reactive ketones (excluding diaryl/α,β-unsaturated/α-hetero) is 1. The van der Waals surface area contributed by atoms with Gasteiger partial charge in [0, 0.05) is 10.6 Å². The highest BCUT2D eigenvalue weighted by Gasteiger charge is 2.31. The van der Waals surface area contributed by atoms with E-state index >= 15 is 0 Å². The summed E-state index contributed by atoms with van der Waals surface area (Å²) in [5.74, 6) is -0.295. The monoisotopic (exact) mass is 440 g/mol. The fraction of sp³-hybridized carbons (Fsp3) is 0.294. The van der Waals surface area contributed by atoms with E-state index in [1.54, 1.807) is 10.7 Å². The number of carbonyl (C=O) groups is 1. The van der Waals surface area contributed by atoms with Gasteiger partial charge in [0.25, 0.3) is 0 Å². The molecule has 1 aromatic carbocycles. The molecule has 11 heteroatoms. The molecule has 0 bridgehead atoms. The van der Waals surface area contributed by atoms with Crippen LogP contribution >= 0.6 is 23.2 Å². The molecule has 0 N–H and O–H groups in total. The Kier molecular flexibility index (Phi) is 4.76. The van der Waals surface area contributed by atoms with Gasteiger partial charge in [0.05, 0.1) is 47.0 Å². The zero-order chi connectivity index (χ0) is 20.1. The minimum absolute atomic E-state index is 0.0117. The van der Waals surface area contributed by atoms with Crippen LogP contribution < -0.4 is 5.69 Å². The van der Waals surface area contributed by atoms with Crippen LogP contribution in [-0.2, 0) is 16.4 Å². The number of sulfone groups is 1. The van der Waals surface area contributed by atoms with Crippen molar-refractivity contribution in [2.45, 2.75) is 19.0 Å². The quantitative estimate of drug-likeness (QED) is 0.575. The van der Waals surface area contributed by atoms with E-state index < -0.39 is 15.5 Å². The van der Waals surface area contributed by atoms with Crippen molar-refractivity contribution in [1.29, 1.82) is 0 Å². The number of rotatable bonds is 4. The molecule has 3 heterocycles. The third-order valence-corrected chi connectivity index (χ3v) is 7.02. The molecule has 3 aromatic rings. The van der Waals surface area contributed by atoms with E-state index in [1.807, 2.05) is 0 Å².